The summed E-state index contributed by atoms with van der Waals surface area (Å²) in [5.41, 5.74) is 3.37. The number of imidazole rings is 1. The standard InChI is InChI=1S/C13H18N2OS/c1-10(7-16)8-17-9-12-11(2)14-13-5-3-4-6-15(12)13/h3-6,10,16H,7-9H2,1-2H3. The Labute approximate surface area is 106 Å². The average Bonchev–Trinajstić information content (AvgIpc) is 2.66. The van der Waals surface area contributed by atoms with E-state index in [4.69, 9.17) is 5.11 Å². The maximum absolute atomic E-state index is 8.99. The maximum Gasteiger partial charge on any atom is 0.137 e. The Kier molecular flexibility index (Phi) is 4.07. The summed E-state index contributed by atoms with van der Waals surface area (Å²) in [5, 5.41) is 8.99. The molecule has 0 aliphatic heterocycles. The minimum atomic E-state index is 0.263. The molecule has 2 heterocycles. The van der Waals surface area contributed by atoms with Crippen molar-refractivity contribution in [3.63, 3.8) is 0 Å². The van der Waals surface area contributed by atoms with Crippen molar-refractivity contribution in [3.05, 3.63) is 35.8 Å². The van der Waals surface area contributed by atoms with Crippen molar-refractivity contribution < 1.29 is 5.11 Å². The fraction of sp³-hybridized carbons (Fsp3) is 0.462. The van der Waals surface area contributed by atoms with Gasteiger partial charge in [-0.15, -0.1) is 0 Å². The average molecular weight is 250 g/mol. The Morgan fingerprint density at radius 3 is 3.06 bits per heavy atom. The second-order valence-electron chi connectivity index (χ2n) is 4.38. The third-order valence-electron chi connectivity index (χ3n) is 2.78. The van der Waals surface area contributed by atoms with Crippen LogP contribution in [-0.4, -0.2) is 26.9 Å². The molecule has 2 aromatic rings. The zero-order chi connectivity index (χ0) is 12.3. The number of hydrogen-bond donors (Lipinski definition) is 1. The van der Waals surface area contributed by atoms with Crippen molar-refractivity contribution in [2.75, 3.05) is 12.4 Å². The van der Waals surface area contributed by atoms with Gasteiger partial charge in [-0.25, -0.2) is 4.98 Å². The molecule has 2 rings (SSSR count). The summed E-state index contributed by atoms with van der Waals surface area (Å²) in [7, 11) is 0. The second kappa shape index (κ2) is 5.56. The molecule has 0 fully saturated rings. The molecule has 1 N–H and O–H groups in total. The molecule has 0 aliphatic carbocycles. The van der Waals surface area contributed by atoms with E-state index in [1.165, 1.54) is 5.69 Å². The van der Waals surface area contributed by atoms with Gasteiger partial charge in [0, 0.05) is 18.6 Å². The summed E-state index contributed by atoms with van der Waals surface area (Å²) in [6, 6.07) is 6.06. The number of aromatic nitrogens is 2. The lowest BCUT2D eigenvalue weighted by Crippen LogP contribution is -2.04. The Morgan fingerprint density at radius 2 is 2.29 bits per heavy atom. The number of nitrogens with zero attached hydrogens (tertiary/aromatic N) is 2. The smallest absolute Gasteiger partial charge is 0.137 e. The highest BCUT2D eigenvalue weighted by molar-refractivity contribution is 7.98. The number of rotatable bonds is 5. The molecular weight excluding hydrogens is 232 g/mol. The summed E-state index contributed by atoms with van der Waals surface area (Å²) < 4.78 is 2.14. The number of hydrogen-bond acceptors (Lipinski definition) is 3. The van der Waals surface area contributed by atoms with Crippen LogP contribution < -0.4 is 0 Å². The lowest BCUT2D eigenvalue weighted by Gasteiger charge is -2.07. The van der Waals surface area contributed by atoms with Crippen molar-refractivity contribution in [3.8, 4) is 0 Å². The molecule has 0 aliphatic rings. The van der Waals surface area contributed by atoms with Crippen LogP contribution in [0.15, 0.2) is 24.4 Å². The third kappa shape index (κ3) is 2.82. The summed E-state index contributed by atoms with van der Waals surface area (Å²) in [6.07, 6.45) is 2.06. The molecule has 0 spiro atoms. The van der Waals surface area contributed by atoms with Crippen molar-refractivity contribution in [1.29, 1.82) is 0 Å². The molecule has 1 atom stereocenters. The third-order valence-corrected chi connectivity index (χ3v) is 4.06. The van der Waals surface area contributed by atoms with Gasteiger partial charge in [0.2, 0.25) is 0 Å². The van der Waals surface area contributed by atoms with Crippen LogP contribution in [0.25, 0.3) is 5.65 Å². The molecule has 3 nitrogen and oxygen atoms in total. The zero-order valence-corrected chi connectivity index (χ0v) is 11.1. The Balaban J connectivity index is 2.10. The number of fused-ring (bicyclic) bond motifs is 1. The molecule has 0 aromatic carbocycles. The lowest BCUT2D eigenvalue weighted by molar-refractivity contribution is 0.250. The van der Waals surface area contributed by atoms with Gasteiger partial charge in [-0.1, -0.05) is 13.0 Å². The SMILES string of the molecule is Cc1nc2ccccn2c1CSCC(C)CO. The molecule has 0 amide bonds. The van der Waals surface area contributed by atoms with Gasteiger partial charge in [0.25, 0.3) is 0 Å². The molecule has 4 heteroatoms. The van der Waals surface area contributed by atoms with Gasteiger partial charge in [0.15, 0.2) is 0 Å². The molecule has 0 saturated carbocycles. The number of thioether (sulfide) groups is 1. The number of pyridine rings is 1. The predicted octanol–water partition coefficient (Wildman–Crippen LogP) is 2.50. The monoisotopic (exact) mass is 250 g/mol. The van der Waals surface area contributed by atoms with Crippen molar-refractivity contribution in [2.45, 2.75) is 19.6 Å². The van der Waals surface area contributed by atoms with Crippen LogP contribution in [0.1, 0.15) is 18.3 Å². The first kappa shape index (κ1) is 12.5. The molecule has 1 unspecified atom stereocenters. The van der Waals surface area contributed by atoms with Crippen molar-refractivity contribution in [1.82, 2.24) is 9.38 Å². The highest BCUT2D eigenvalue weighted by atomic mass is 32.2. The van der Waals surface area contributed by atoms with Gasteiger partial charge in [-0.2, -0.15) is 11.8 Å². The second-order valence-corrected chi connectivity index (χ2v) is 5.41. The van der Waals surface area contributed by atoms with Gasteiger partial charge in [-0.05, 0) is 30.7 Å². The van der Waals surface area contributed by atoms with E-state index < -0.39 is 0 Å². The first-order valence-electron chi connectivity index (χ1n) is 5.83. The predicted molar refractivity (Wildman–Crippen MR) is 72.3 cm³/mol. The van der Waals surface area contributed by atoms with Crippen LogP contribution in [-0.2, 0) is 5.75 Å². The van der Waals surface area contributed by atoms with E-state index >= 15 is 0 Å². The first-order valence-corrected chi connectivity index (χ1v) is 6.99. The number of aryl methyl sites for hydroxylation is 1. The van der Waals surface area contributed by atoms with E-state index in [1.54, 1.807) is 0 Å². The van der Waals surface area contributed by atoms with E-state index in [0.717, 1.165) is 22.8 Å². The topological polar surface area (TPSA) is 37.5 Å². The number of aliphatic hydroxyl groups is 1. The van der Waals surface area contributed by atoms with Gasteiger partial charge in [0.1, 0.15) is 5.65 Å². The van der Waals surface area contributed by atoms with Gasteiger partial charge >= 0.3 is 0 Å². The van der Waals surface area contributed by atoms with Crippen molar-refractivity contribution >= 4 is 17.4 Å². The highest BCUT2D eigenvalue weighted by Gasteiger charge is 2.08. The summed E-state index contributed by atoms with van der Waals surface area (Å²) in [6.45, 7) is 4.38. The van der Waals surface area contributed by atoms with Crippen LogP contribution in [0, 0.1) is 12.8 Å². The molecule has 2 aromatic heterocycles. The van der Waals surface area contributed by atoms with Crippen LogP contribution in [0.2, 0.25) is 0 Å². The van der Waals surface area contributed by atoms with Crippen LogP contribution in [0.5, 0.6) is 0 Å². The summed E-state index contributed by atoms with van der Waals surface area (Å²) in [4.78, 5) is 4.53. The molecule has 17 heavy (non-hydrogen) atoms. The van der Waals surface area contributed by atoms with Crippen LogP contribution >= 0.6 is 11.8 Å². The Hall–Kier alpha value is -1.00. The summed E-state index contributed by atoms with van der Waals surface area (Å²) in [5.74, 6) is 2.29. The van der Waals surface area contributed by atoms with Crippen LogP contribution in [0.4, 0.5) is 0 Å². The minimum Gasteiger partial charge on any atom is -0.396 e. The van der Waals surface area contributed by atoms with E-state index in [-0.39, 0.29) is 6.61 Å². The largest absolute Gasteiger partial charge is 0.396 e. The molecule has 92 valence electrons. The van der Waals surface area contributed by atoms with Gasteiger partial charge in [0.05, 0.1) is 11.4 Å². The minimum absolute atomic E-state index is 0.263. The van der Waals surface area contributed by atoms with E-state index in [1.807, 2.05) is 30.0 Å². The van der Waals surface area contributed by atoms with E-state index in [0.29, 0.717) is 5.92 Å². The van der Waals surface area contributed by atoms with E-state index in [9.17, 15) is 0 Å². The van der Waals surface area contributed by atoms with E-state index in [2.05, 4.69) is 29.4 Å². The number of aliphatic hydroxyl groups excluding tert-OH is 1. The molecule has 0 saturated heterocycles. The summed E-state index contributed by atoms with van der Waals surface area (Å²) >= 11 is 1.85. The molecule has 0 radical (unpaired) electrons. The van der Waals surface area contributed by atoms with Crippen molar-refractivity contribution in [2.24, 2.45) is 5.92 Å². The lowest BCUT2D eigenvalue weighted by atomic mass is 10.2. The fourth-order valence-corrected chi connectivity index (χ4v) is 2.91. The first-order chi connectivity index (χ1) is 8.22. The Bertz CT molecular complexity index is 495. The normalized spacial score (nSPS) is 13.1. The zero-order valence-electron chi connectivity index (χ0n) is 10.3. The quantitative estimate of drug-likeness (QED) is 0.886. The Morgan fingerprint density at radius 1 is 1.47 bits per heavy atom. The molecule has 0 bridgehead atoms. The van der Waals surface area contributed by atoms with Gasteiger partial charge in [-0.3, -0.25) is 0 Å². The highest BCUT2D eigenvalue weighted by Crippen LogP contribution is 2.19. The maximum atomic E-state index is 8.99. The van der Waals surface area contributed by atoms with Gasteiger partial charge < -0.3 is 9.51 Å². The molecular formula is C13H18N2OS. The fourth-order valence-electron chi connectivity index (χ4n) is 1.75. The van der Waals surface area contributed by atoms with Crippen LogP contribution in [0.3, 0.4) is 0 Å².